The van der Waals surface area contributed by atoms with Gasteiger partial charge in [-0.15, -0.1) is 0 Å². The maximum atomic E-state index is 12.3. The van der Waals surface area contributed by atoms with E-state index in [1.54, 1.807) is 7.11 Å². The first kappa shape index (κ1) is 12.2. The molecule has 0 bridgehead atoms. The topological polar surface area (TPSA) is 34.1 Å². The minimum atomic E-state index is -4.38. The molecule has 1 heterocycles. The number of nitrogens with zero attached hydrogens (tertiary/aromatic N) is 1. The molecule has 1 fully saturated rings. The second-order valence-electron chi connectivity index (χ2n) is 4.10. The Morgan fingerprint density at radius 3 is 2.53 bits per heavy atom. The predicted octanol–water partition coefficient (Wildman–Crippen LogP) is 2.69. The quantitative estimate of drug-likeness (QED) is 0.890. The van der Waals surface area contributed by atoms with Crippen molar-refractivity contribution in [2.24, 2.45) is 0 Å². The lowest BCUT2D eigenvalue weighted by Gasteiger charge is -2.35. The Morgan fingerprint density at radius 2 is 2.06 bits per heavy atom. The second-order valence-corrected chi connectivity index (χ2v) is 4.10. The van der Waals surface area contributed by atoms with Crippen LogP contribution in [-0.4, -0.2) is 24.2 Å². The van der Waals surface area contributed by atoms with Gasteiger partial charge in [0, 0.05) is 13.2 Å². The van der Waals surface area contributed by atoms with Gasteiger partial charge < -0.3 is 10.1 Å². The molecule has 0 aliphatic heterocycles. The van der Waals surface area contributed by atoms with Gasteiger partial charge in [-0.05, 0) is 25.0 Å². The number of pyridine rings is 1. The minimum absolute atomic E-state index is 0.259. The van der Waals surface area contributed by atoms with Crippen LogP contribution in [0.5, 0.6) is 0 Å². The number of halogens is 3. The molecule has 94 valence electrons. The van der Waals surface area contributed by atoms with Crippen molar-refractivity contribution in [2.45, 2.75) is 31.2 Å². The highest BCUT2D eigenvalue weighted by Gasteiger charge is 2.32. The minimum Gasteiger partial charge on any atom is -0.381 e. The Bertz CT molecular complexity index is 371. The summed E-state index contributed by atoms with van der Waals surface area (Å²) in [6.45, 7) is 0. The zero-order valence-corrected chi connectivity index (χ0v) is 9.29. The number of rotatable bonds is 3. The molecule has 0 radical (unpaired) electrons. The van der Waals surface area contributed by atoms with Gasteiger partial charge in [0.15, 0.2) is 0 Å². The molecule has 1 aliphatic rings. The van der Waals surface area contributed by atoms with Crippen LogP contribution in [0, 0.1) is 0 Å². The Kier molecular flexibility index (Phi) is 3.24. The van der Waals surface area contributed by atoms with Crippen molar-refractivity contribution in [2.75, 3.05) is 12.4 Å². The molecule has 1 aromatic heterocycles. The van der Waals surface area contributed by atoms with E-state index in [4.69, 9.17) is 4.74 Å². The first-order valence-corrected chi connectivity index (χ1v) is 5.31. The van der Waals surface area contributed by atoms with Crippen molar-refractivity contribution in [3.05, 3.63) is 24.0 Å². The van der Waals surface area contributed by atoms with Gasteiger partial charge in [-0.3, -0.25) is 0 Å². The number of anilines is 1. The average molecular weight is 246 g/mol. The summed E-state index contributed by atoms with van der Waals surface area (Å²) in [7, 11) is 1.65. The van der Waals surface area contributed by atoms with E-state index in [1.807, 2.05) is 0 Å². The normalized spacial score (nSPS) is 24.2. The van der Waals surface area contributed by atoms with Gasteiger partial charge in [0.1, 0.15) is 5.69 Å². The molecule has 6 heteroatoms. The lowest BCUT2D eigenvalue weighted by Crippen LogP contribution is -2.40. The van der Waals surface area contributed by atoms with E-state index < -0.39 is 11.9 Å². The number of methoxy groups -OCH3 is 1. The van der Waals surface area contributed by atoms with Crippen molar-refractivity contribution < 1.29 is 17.9 Å². The summed E-state index contributed by atoms with van der Waals surface area (Å²) >= 11 is 0. The van der Waals surface area contributed by atoms with Crippen LogP contribution in [-0.2, 0) is 10.9 Å². The van der Waals surface area contributed by atoms with E-state index in [-0.39, 0.29) is 12.1 Å². The summed E-state index contributed by atoms with van der Waals surface area (Å²) < 4.78 is 41.9. The van der Waals surface area contributed by atoms with Gasteiger partial charge in [0.2, 0.25) is 0 Å². The molecule has 1 saturated carbocycles. The number of alkyl halides is 3. The third-order valence-electron chi connectivity index (χ3n) is 2.85. The first-order valence-electron chi connectivity index (χ1n) is 5.31. The van der Waals surface area contributed by atoms with Crippen molar-refractivity contribution >= 4 is 5.69 Å². The van der Waals surface area contributed by atoms with Gasteiger partial charge in [-0.25, -0.2) is 4.98 Å². The van der Waals surface area contributed by atoms with Gasteiger partial charge in [0.05, 0.1) is 18.0 Å². The molecule has 0 unspecified atom stereocenters. The molecule has 17 heavy (non-hydrogen) atoms. The summed E-state index contributed by atoms with van der Waals surface area (Å²) in [4.78, 5) is 3.38. The monoisotopic (exact) mass is 246 g/mol. The van der Waals surface area contributed by atoms with Crippen LogP contribution in [0.1, 0.15) is 18.5 Å². The SMILES string of the molecule is COC1CC(Nc2ccc(C(F)(F)F)nc2)C1. The highest BCUT2D eigenvalue weighted by Crippen LogP contribution is 2.29. The van der Waals surface area contributed by atoms with Gasteiger partial charge in [0.25, 0.3) is 0 Å². The van der Waals surface area contributed by atoms with Crippen LogP contribution in [0.3, 0.4) is 0 Å². The lowest BCUT2D eigenvalue weighted by molar-refractivity contribution is -0.141. The van der Waals surface area contributed by atoms with Crippen molar-refractivity contribution in [3.8, 4) is 0 Å². The number of aromatic nitrogens is 1. The lowest BCUT2D eigenvalue weighted by atomic mass is 9.89. The average Bonchev–Trinajstić information content (AvgIpc) is 2.22. The molecule has 2 rings (SSSR count). The van der Waals surface area contributed by atoms with Crippen molar-refractivity contribution in [3.63, 3.8) is 0 Å². The Hall–Kier alpha value is -1.30. The molecule has 0 saturated heterocycles. The number of ether oxygens (including phenoxy) is 1. The van der Waals surface area contributed by atoms with Crippen LogP contribution >= 0.6 is 0 Å². The first-order chi connectivity index (χ1) is 7.99. The summed E-state index contributed by atoms with van der Waals surface area (Å²) in [6.07, 6.45) is -1.16. The molecule has 3 nitrogen and oxygen atoms in total. The van der Waals surface area contributed by atoms with Crippen LogP contribution in [0.2, 0.25) is 0 Å². The fourth-order valence-electron chi connectivity index (χ4n) is 1.76. The third kappa shape index (κ3) is 2.88. The molecule has 1 N–H and O–H groups in total. The fraction of sp³-hybridized carbons (Fsp3) is 0.545. The van der Waals surface area contributed by atoms with E-state index in [2.05, 4.69) is 10.3 Å². The van der Waals surface area contributed by atoms with Gasteiger partial charge in [-0.2, -0.15) is 13.2 Å². The molecule has 1 aromatic rings. The number of hydrogen-bond acceptors (Lipinski definition) is 3. The Balaban J connectivity index is 1.91. The summed E-state index contributed by atoms with van der Waals surface area (Å²) in [5.41, 5.74) is -0.260. The molecule has 0 aromatic carbocycles. The second kappa shape index (κ2) is 4.52. The van der Waals surface area contributed by atoms with Crippen LogP contribution in [0.25, 0.3) is 0 Å². The largest absolute Gasteiger partial charge is 0.433 e. The van der Waals surface area contributed by atoms with E-state index in [0.717, 1.165) is 18.9 Å². The summed E-state index contributed by atoms with van der Waals surface area (Å²) in [6, 6.07) is 2.64. The molecular formula is C11H13F3N2O. The molecule has 0 atom stereocenters. The smallest absolute Gasteiger partial charge is 0.381 e. The maximum Gasteiger partial charge on any atom is 0.433 e. The van der Waals surface area contributed by atoms with E-state index >= 15 is 0 Å². The third-order valence-corrected chi connectivity index (χ3v) is 2.85. The fourth-order valence-corrected chi connectivity index (χ4v) is 1.76. The Morgan fingerprint density at radius 1 is 1.35 bits per heavy atom. The zero-order valence-electron chi connectivity index (χ0n) is 9.29. The predicted molar refractivity (Wildman–Crippen MR) is 56.7 cm³/mol. The van der Waals surface area contributed by atoms with Crippen molar-refractivity contribution in [1.29, 1.82) is 0 Å². The van der Waals surface area contributed by atoms with Crippen LogP contribution in [0.15, 0.2) is 18.3 Å². The van der Waals surface area contributed by atoms with Crippen LogP contribution < -0.4 is 5.32 Å². The van der Waals surface area contributed by atoms with Gasteiger partial charge >= 0.3 is 6.18 Å². The molecule has 1 aliphatic carbocycles. The van der Waals surface area contributed by atoms with E-state index in [1.165, 1.54) is 12.3 Å². The standard InChI is InChI=1S/C11H13F3N2O/c1-17-9-4-8(5-9)16-7-2-3-10(15-6-7)11(12,13)14/h2-3,6,8-9,16H,4-5H2,1H3. The Labute approximate surface area is 97.0 Å². The highest BCUT2D eigenvalue weighted by molar-refractivity contribution is 5.42. The zero-order chi connectivity index (χ0) is 12.5. The van der Waals surface area contributed by atoms with E-state index in [9.17, 15) is 13.2 Å². The summed E-state index contributed by atoms with van der Waals surface area (Å²) in [5.74, 6) is 0. The van der Waals surface area contributed by atoms with Crippen LogP contribution in [0.4, 0.5) is 18.9 Å². The van der Waals surface area contributed by atoms with E-state index in [0.29, 0.717) is 5.69 Å². The van der Waals surface area contributed by atoms with Gasteiger partial charge in [-0.1, -0.05) is 0 Å². The highest BCUT2D eigenvalue weighted by atomic mass is 19.4. The number of nitrogens with one attached hydrogen (secondary N) is 1. The molecular weight excluding hydrogens is 233 g/mol. The number of hydrogen-bond donors (Lipinski definition) is 1. The molecule has 0 amide bonds. The summed E-state index contributed by atoms with van der Waals surface area (Å²) in [5, 5.41) is 3.11. The molecule has 0 spiro atoms. The maximum absolute atomic E-state index is 12.3. The van der Waals surface area contributed by atoms with Crippen molar-refractivity contribution in [1.82, 2.24) is 4.98 Å².